The van der Waals surface area contributed by atoms with Crippen molar-refractivity contribution >= 4 is 5.91 Å². The molecule has 2 heterocycles. The molecular formula is C16H15N3O2. The average molecular weight is 281 g/mol. The number of aromatic amines is 1. The maximum atomic E-state index is 12.0. The number of carbonyl (C=O) groups is 1. The number of hydrogen-bond acceptors (Lipinski definition) is 3. The summed E-state index contributed by atoms with van der Waals surface area (Å²) in [5.41, 5.74) is 3.09. The minimum atomic E-state index is -0.127. The molecule has 3 aromatic rings. The van der Waals surface area contributed by atoms with E-state index in [9.17, 15) is 4.79 Å². The standard InChI is InChI=1S/C16H15N3O2/c1-11-14(7-8-17-11)15(20)18-9-13-10-21-16(19-13)12-5-3-2-4-6-12/h2-8,10,17H,9H2,1H3,(H,18,20). The molecule has 3 rings (SSSR count). The Hall–Kier alpha value is -2.82. The lowest BCUT2D eigenvalue weighted by Gasteiger charge is -2.01. The van der Waals surface area contributed by atoms with Gasteiger partial charge in [-0.15, -0.1) is 0 Å². The Labute approximate surface area is 122 Å². The number of oxazole rings is 1. The highest BCUT2D eigenvalue weighted by molar-refractivity contribution is 5.95. The van der Waals surface area contributed by atoms with Crippen LogP contribution in [0.25, 0.3) is 11.5 Å². The van der Waals surface area contributed by atoms with Gasteiger partial charge < -0.3 is 14.7 Å². The number of benzene rings is 1. The molecule has 0 aliphatic heterocycles. The summed E-state index contributed by atoms with van der Waals surface area (Å²) >= 11 is 0. The number of nitrogens with one attached hydrogen (secondary N) is 2. The third kappa shape index (κ3) is 2.86. The van der Waals surface area contributed by atoms with E-state index in [2.05, 4.69) is 15.3 Å². The molecule has 2 aromatic heterocycles. The third-order valence-corrected chi connectivity index (χ3v) is 3.20. The Morgan fingerprint density at radius 1 is 1.29 bits per heavy atom. The van der Waals surface area contributed by atoms with Crippen LogP contribution in [-0.2, 0) is 6.54 Å². The van der Waals surface area contributed by atoms with Crippen molar-refractivity contribution in [1.29, 1.82) is 0 Å². The van der Waals surface area contributed by atoms with E-state index in [-0.39, 0.29) is 5.91 Å². The Kier molecular flexibility index (Phi) is 3.55. The van der Waals surface area contributed by atoms with Gasteiger partial charge in [-0.1, -0.05) is 18.2 Å². The molecule has 5 nitrogen and oxygen atoms in total. The lowest BCUT2D eigenvalue weighted by molar-refractivity contribution is 0.0950. The van der Waals surface area contributed by atoms with Gasteiger partial charge >= 0.3 is 0 Å². The van der Waals surface area contributed by atoms with Gasteiger partial charge in [-0.05, 0) is 25.1 Å². The number of aromatic nitrogens is 2. The number of H-pyrrole nitrogens is 1. The second kappa shape index (κ2) is 5.66. The number of nitrogens with zero attached hydrogens (tertiary/aromatic N) is 1. The Morgan fingerprint density at radius 3 is 2.81 bits per heavy atom. The summed E-state index contributed by atoms with van der Waals surface area (Å²) in [5, 5.41) is 2.83. The first-order valence-corrected chi connectivity index (χ1v) is 6.66. The minimum absolute atomic E-state index is 0.127. The van der Waals surface area contributed by atoms with Gasteiger partial charge in [-0.25, -0.2) is 4.98 Å². The maximum absolute atomic E-state index is 12.0. The number of rotatable bonds is 4. The molecule has 0 bridgehead atoms. The monoisotopic (exact) mass is 281 g/mol. The first-order chi connectivity index (χ1) is 10.2. The zero-order valence-corrected chi connectivity index (χ0v) is 11.6. The second-order valence-electron chi connectivity index (χ2n) is 4.71. The van der Waals surface area contributed by atoms with Gasteiger partial charge in [0.05, 0.1) is 17.8 Å². The molecule has 0 atom stereocenters. The zero-order valence-electron chi connectivity index (χ0n) is 11.6. The van der Waals surface area contributed by atoms with Crippen molar-refractivity contribution < 1.29 is 9.21 Å². The fraction of sp³-hybridized carbons (Fsp3) is 0.125. The van der Waals surface area contributed by atoms with Crippen molar-refractivity contribution in [2.75, 3.05) is 0 Å². The van der Waals surface area contributed by atoms with Crippen LogP contribution in [0, 0.1) is 6.92 Å². The van der Waals surface area contributed by atoms with Crippen LogP contribution in [0.1, 0.15) is 21.7 Å². The van der Waals surface area contributed by atoms with Crippen LogP contribution in [0.2, 0.25) is 0 Å². The highest BCUT2D eigenvalue weighted by Gasteiger charge is 2.11. The molecule has 21 heavy (non-hydrogen) atoms. The highest BCUT2D eigenvalue weighted by Crippen LogP contribution is 2.17. The van der Waals surface area contributed by atoms with Crippen LogP contribution < -0.4 is 5.32 Å². The van der Waals surface area contributed by atoms with Crippen LogP contribution in [-0.4, -0.2) is 15.9 Å². The van der Waals surface area contributed by atoms with E-state index in [4.69, 9.17) is 4.42 Å². The minimum Gasteiger partial charge on any atom is -0.444 e. The van der Waals surface area contributed by atoms with Crippen LogP contribution in [0.15, 0.2) is 53.3 Å². The van der Waals surface area contributed by atoms with Crippen molar-refractivity contribution in [3.63, 3.8) is 0 Å². The first-order valence-electron chi connectivity index (χ1n) is 6.66. The first kappa shape index (κ1) is 13.2. The van der Waals surface area contributed by atoms with E-state index >= 15 is 0 Å². The SMILES string of the molecule is Cc1[nH]ccc1C(=O)NCc1coc(-c2ccccc2)n1. The van der Waals surface area contributed by atoms with Crippen molar-refractivity contribution in [2.24, 2.45) is 0 Å². The predicted molar refractivity (Wildman–Crippen MR) is 78.6 cm³/mol. The van der Waals surface area contributed by atoms with Gasteiger partial charge in [0.2, 0.25) is 5.89 Å². The summed E-state index contributed by atoms with van der Waals surface area (Å²) in [4.78, 5) is 19.3. The summed E-state index contributed by atoms with van der Waals surface area (Å²) < 4.78 is 5.43. The van der Waals surface area contributed by atoms with E-state index in [0.29, 0.717) is 23.7 Å². The lowest BCUT2D eigenvalue weighted by Crippen LogP contribution is -2.23. The molecule has 0 aliphatic carbocycles. The van der Waals surface area contributed by atoms with Crippen molar-refractivity contribution in [1.82, 2.24) is 15.3 Å². The lowest BCUT2D eigenvalue weighted by atomic mass is 10.2. The Morgan fingerprint density at radius 2 is 2.10 bits per heavy atom. The average Bonchev–Trinajstić information content (AvgIpc) is 3.15. The highest BCUT2D eigenvalue weighted by atomic mass is 16.3. The van der Waals surface area contributed by atoms with Gasteiger partial charge in [0, 0.05) is 17.5 Å². The van der Waals surface area contributed by atoms with Gasteiger partial charge in [-0.3, -0.25) is 4.79 Å². The van der Waals surface area contributed by atoms with Crippen LogP contribution in [0.3, 0.4) is 0 Å². The molecule has 0 saturated heterocycles. The number of hydrogen-bond donors (Lipinski definition) is 2. The second-order valence-corrected chi connectivity index (χ2v) is 4.71. The summed E-state index contributed by atoms with van der Waals surface area (Å²) in [7, 11) is 0. The Balaban J connectivity index is 1.66. The quantitative estimate of drug-likeness (QED) is 0.772. The van der Waals surface area contributed by atoms with Gasteiger partial charge in [0.15, 0.2) is 0 Å². The van der Waals surface area contributed by atoms with Crippen molar-refractivity contribution in [2.45, 2.75) is 13.5 Å². The molecule has 0 fully saturated rings. The van der Waals surface area contributed by atoms with E-state index in [0.717, 1.165) is 11.3 Å². The molecule has 0 radical (unpaired) electrons. The van der Waals surface area contributed by atoms with Crippen molar-refractivity contribution in [3.8, 4) is 11.5 Å². The summed E-state index contributed by atoms with van der Waals surface area (Å²) in [6.07, 6.45) is 3.31. The van der Waals surface area contributed by atoms with Gasteiger partial charge in [0.1, 0.15) is 6.26 Å². The molecule has 5 heteroatoms. The fourth-order valence-corrected chi connectivity index (χ4v) is 2.07. The van der Waals surface area contributed by atoms with Gasteiger partial charge in [-0.2, -0.15) is 0 Å². The van der Waals surface area contributed by atoms with E-state index < -0.39 is 0 Å². The van der Waals surface area contributed by atoms with Gasteiger partial charge in [0.25, 0.3) is 5.91 Å². The fourth-order valence-electron chi connectivity index (χ4n) is 2.07. The maximum Gasteiger partial charge on any atom is 0.253 e. The largest absolute Gasteiger partial charge is 0.444 e. The molecule has 0 unspecified atom stereocenters. The molecule has 0 saturated carbocycles. The van der Waals surface area contributed by atoms with Crippen LogP contribution in [0.4, 0.5) is 0 Å². The zero-order chi connectivity index (χ0) is 14.7. The smallest absolute Gasteiger partial charge is 0.253 e. The molecule has 106 valence electrons. The van der Waals surface area contributed by atoms with E-state index in [1.165, 1.54) is 0 Å². The molecular weight excluding hydrogens is 266 g/mol. The van der Waals surface area contributed by atoms with E-state index in [1.807, 2.05) is 37.3 Å². The summed E-state index contributed by atoms with van der Waals surface area (Å²) in [6, 6.07) is 11.4. The molecule has 2 N–H and O–H groups in total. The number of amides is 1. The van der Waals surface area contributed by atoms with E-state index in [1.54, 1.807) is 18.5 Å². The summed E-state index contributed by atoms with van der Waals surface area (Å²) in [5.74, 6) is 0.427. The van der Waals surface area contributed by atoms with Crippen LogP contribution in [0.5, 0.6) is 0 Å². The topological polar surface area (TPSA) is 70.9 Å². The number of aryl methyl sites for hydroxylation is 1. The molecule has 1 amide bonds. The van der Waals surface area contributed by atoms with Crippen molar-refractivity contribution in [3.05, 3.63) is 65.8 Å². The summed E-state index contributed by atoms with van der Waals surface area (Å²) in [6.45, 7) is 2.19. The predicted octanol–water partition coefficient (Wildman–Crippen LogP) is 2.91. The third-order valence-electron chi connectivity index (χ3n) is 3.20. The molecule has 0 aliphatic rings. The Bertz CT molecular complexity index is 744. The normalized spacial score (nSPS) is 10.5. The molecule has 0 spiro atoms. The number of carbonyl (C=O) groups excluding carboxylic acids is 1. The molecule has 1 aromatic carbocycles. The van der Waals surface area contributed by atoms with Crippen LogP contribution >= 0.6 is 0 Å².